The molecule has 4 rings (SSSR count). The zero-order valence-corrected chi connectivity index (χ0v) is 16.8. The first-order valence-electron chi connectivity index (χ1n) is 9.25. The van der Waals surface area contributed by atoms with E-state index in [9.17, 15) is 10.1 Å². The molecule has 0 aliphatic heterocycles. The van der Waals surface area contributed by atoms with Gasteiger partial charge in [0.2, 0.25) is 0 Å². The molecule has 0 fully saturated rings. The van der Waals surface area contributed by atoms with Gasteiger partial charge in [-0.25, -0.2) is 14.3 Å². The second-order valence-electron chi connectivity index (χ2n) is 6.90. The van der Waals surface area contributed by atoms with Crippen LogP contribution < -0.4 is 10.2 Å². The number of nitriles is 1. The van der Waals surface area contributed by atoms with Crippen LogP contribution in [0.4, 0.5) is 17.2 Å². The number of esters is 1. The lowest BCUT2D eigenvalue weighted by molar-refractivity contribution is 0.0601. The standard InChI is InChI=1S/C22H20N6O2/c1-27(2)18-10-6-14(7-11-18)19-21(28-20(26-19)16(12-23)13-24-28)25-17-8-4-15(5-9-17)22(29)30-3/h4-11,13,24-25H,1-3H3. The summed E-state index contributed by atoms with van der Waals surface area (Å²) in [5.41, 5.74) is 4.93. The van der Waals surface area contributed by atoms with E-state index in [1.54, 1.807) is 35.0 Å². The van der Waals surface area contributed by atoms with Gasteiger partial charge in [-0.15, -0.1) is 0 Å². The zero-order chi connectivity index (χ0) is 21.3. The second-order valence-corrected chi connectivity index (χ2v) is 6.90. The fraction of sp³-hybridized carbons (Fsp3) is 0.136. The van der Waals surface area contributed by atoms with Crippen LogP contribution in [0.5, 0.6) is 0 Å². The molecule has 2 aromatic heterocycles. The van der Waals surface area contributed by atoms with Gasteiger partial charge in [0.1, 0.15) is 17.3 Å². The number of imidazole rings is 1. The van der Waals surface area contributed by atoms with Gasteiger partial charge in [0, 0.05) is 37.2 Å². The van der Waals surface area contributed by atoms with Crippen LogP contribution in [0.15, 0.2) is 54.7 Å². The highest BCUT2D eigenvalue weighted by atomic mass is 16.5. The number of benzene rings is 2. The van der Waals surface area contributed by atoms with Crippen LogP contribution >= 0.6 is 0 Å². The van der Waals surface area contributed by atoms with Crippen LogP contribution in [-0.4, -0.2) is 41.8 Å². The molecule has 0 atom stereocenters. The van der Waals surface area contributed by atoms with Gasteiger partial charge in [0.25, 0.3) is 0 Å². The molecular weight excluding hydrogens is 380 g/mol. The zero-order valence-electron chi connectivity index (χ0n) is 16.8. The molecule has 0 bridgehead atoms. The van der Waals surface area contributed by atoms with Crippen molar-refractivity contribution in [2.75, 3.05) is 31.4 Å². The van der Waals surface area contributed by atoms with E-state index >= 15 is 0 Å². The highest BCUT2D eigenvalue weighted by Crippen LogP contribution is 2.32. The summed E-state index contributed by atoms with van der Waals surface area (Å²) in [6, 6.07) is 17.1. The number of hydrogen-bond acceptors (Lipinski definition) is 6. The monoisotopic (exact) mass is 400 g/mol. The summed E-state index contributed by atoms with van der Waals surface area (Å²) < 4.78 is 6.48. The van der Waals surface area contributed by atoms with Gasteiger partial charge in [0.05, 0.1) is 12.7 Å². The van der Waals surface area contributed by atoms with Gasteiger partial charge in [0.15, 0.2) is 11.5 Å². The van der Waals surface area contributed by atoms with E-state index in [1.165, 1.54) is 7.11 Å². The molecule has 0 unspecified atom stereocenters. The topological polar surface area (TPSA) is 98.4 Å². The molecule has 0 amide bonds. The molecule has 0 aliphatic rings. The Morgan fingerprint density at radius 2 is 1.87 bits per heavy atom. The third-order valence-corrected chi connectivity index (χ3v) is 4.80. The molecular formula is C22H20N6O2. The number of H-pyrrole nitrogens is 1. The number of carbonyl (C=O) groups is 1. The van der Waals surface area contributed by atoms with Crippen LogP contribution in [0.1, 0.15) is 15.9 Å². The number of ether oxygens (including phenoxy) is 1. The molecule has 2 aromatic carbocycles. The molecule has 0 spiro atoms. The van der Waals surface area contributed by atoms with E-state index in [4.69, 9.17) is 9.72 Å². The Labute approximate surface area is 173 Å². The second kappa shape index (κ2) is 7.64. The number of rotatable bonds is 5. The van der Waals surface area contributed by atoms with Crippen LogP contribution in [0.25, 0.3) is 16.9 Å². The van der Waals surface area contributed by atoms with E-state index in [1.807, 2.05) is 43.3 Å². The first kappa shape index (κ1) is 19.1. The van der Waals surface area contributed by atoms with Crippen molar-refractivity contribution in [3.8, 4) is 17.3 Å². The highest BCUT2D eigenvalue weighted by molar-refractivity contribution is 5.90. The van der Waals surface area contributed by atoms with Crippen LogP contribution in [-0.2, 0) is 4.74 Å². The summed E-state index contributed by atoms with van der Waals surface area (Å²) in [6.45, 7) is 0. The number of methoxy groups -OCH3 is 1. The van der Waals surface area contributed by atoms with Gasteiger partial charge in [-0.3, -0.25) is 5.10 Å². The minimum absolute atomic E-state index is 0.391. The first-order valence-corrected chi connectivity index (χ1v) is 9.25. The van der Waals surface area contributed by atoms with Crippen molar-refractivity contribution in [1.29, 1.82) is 5.26 Å². The summed E-state index contributed by atoms with van der Waals surface area (Å²) >= 11 is 0. The third-order valence-electron chi connectivity index (χ3n) is 4.80. The van der Waals surface area contributed by atoms with E-state index in [2.05, 4.69) is 16.5 Å². The SMILES string of the molecule is COC(=O)c1ccc(Nc2c(-c3ccc(N(C)C)cc3)nc3c(C#N)c[nH]n23)cc1. The van der Waals surface area contributed by atoms with Crippen molar-refractivity contribution in [3.63, 3.8) is 0 Å². The van der Waals surface area contributed by atoms with Crippen LogP contribution in [0.2, 0.25) is 0 Å². The molecule has 0 saturated heterocycles. The predicted octanol–water partition coefficient (Wildman–Crippen LogP) is 3.80. The first-order chi connectivity index (χ1) is 14.5. The number of carbonyl (C=O) groups excluding carboxylic acids is 1. The minimum atomic E-state index is -0.391. The van der Waals surface area contributed by atoms with Crippen molar-refractivity contribution >= 4 is 28.8 Å². The molecule has 0 radical (unpaired) electrons. The molecule has 2 heterocycles. The molecule has 2 N–H and O–H groups in total. The van der Waals surface area contributed by atoms with E-state index in [0.29, 0.717) is 28.3 Å². The number of aromatic nitrogens is 3. The maximum absolute atomic E-state index is 11.7. The summed E-state index contributed by atoms with van der Waals surface area (Å²) in [6.07, 6.45) is 1.62. The number of nitrogens with one attached hydrogen (secondary N) is 2. The van der Waals surface area contributed by atoms with Crippen LogP contribution in [0, 0.1) is 11.3 Å². The van der Waals surface area contributed by atoms with Crippen LogP contribution in [0.3, 0.4) is 0 Å². The Morgan fingerprint density at radius 3 is 2.47 bits per heavy atom. The number of hydrogen-bond donors (Lipinski definition) is 2. The fourth-order valence-electron chi connectivity index (χ4n) is 3.18. The molecule has 4 aromatic rings. The van der Waals surface area contributed by atoms with Crippen molar-refractivity contribution in [3.05, 3.63) is 65.9 Å². The van der Waals surface area contributed by atoms with Crippen molar-refractivity contribution < 1.29 is 9.53 Å². The van der Waals surface area contributed by atoms with E-state index in [0.717, 1.165) is 16.9 Å². The summed E-state index contributed by atoms with van der Waals surface area (Å²) in [7, 11) is 5.32. The third kappa shape index (κ3) is 3.33. The number of fused-ring (bicyclic) bond motifs is 1. The minimum Gasteiger partial charge on any atom is -0.465 e. The smallest absolute Gasteiger partial charge is 0.337 e. The Bertz CT molecular complexity index is 1240. The van der Waals surface area contributed by atoms with E-state index < -0.39 is 5.97 Å². The van der Waals surface area contributed by atoms with Crippen molar-refractivity contribution in [2.45, 2.75) is 0 Å². The van der Waals surface area contributed by atoms with Gasteiger partial charge < -0.3 is 15.0 Å². The van der Waals surface area contributed by atoms with E-state index in [-0.39, 0.29) is 0 Å². The summed E-state index contributed by atoms with van der Waals surface area (Å²) in [5.74, 6) is 0.299. The quantitative estimate of drug-likeness (QED) is 0.495. The maximum atomic E-state index is 11.7. The number of aromatic amines is 1. The normalized spacial score (nSPS) is 10.6. The fourth-order valence-corrected chi connectivity index (χ4v) is 3.18. The maximum Gasteiger partial charge on any atom is 0.337 e. The Balaban J connectivity index is 1.77. The lowest BCUT2D eigenvalue weighted by Crippen LogP contribution is -2.08. The lowest BCUT2D eigenvalue weighted by atomic mass is 10.1. The summed E-state index contributed by atoms with van der Waals surface area (Å²) in [4.78, 5) is 18.4. The number of anilines is 3. The Kier molecular flexibility index (Phi) is 4.86. The Hall–Kier alpha value is -4.25. The molecule has 8 heteroatoms. The lowest BCUT2D eigenvalue weighted by Gasteiger charge is -2.13. The summed E-state index contributed by atoms with van der Waals surface area (Å²) in [5, 5.41) is 15.8. The van der Waals surface area contributed by atoms with Crippen molar-refractivity contribution in [2.24, 2.45) is 0 Å². The molecule has 0 aliphatic carbocycles. The molecule has 150 valence electrons. The molecule has 0 saturated carbocycles. The highest BCUT2D eigenvalue weighted by Gasteiger charge is 2.18. The van der Waals surface area contributed by atoms with Gasteiger partial charge >= 0.3 is 5.97 Å². The average Bonchev–Trinajstić information content (AvgIpc) is 3.33. The molecule has 8 nitrogen and oxygen atoms in total. The van der Waals surface area contributed by atoms with Gasteiger partial charge in [-0.1, -0.05) is 12.1 Å². The largest absolute Gasteiger partial charge is 0.465 e. The number of nitrogens with zero attached hydrogens (tertiary/aromatic N) is 4. The average molecular weight is 400 g/mol. The van der Waals surface area contributed by atoms with Gasteiger partial charge in [-0.2, -0.15) is 5.26 Å². The Morgan fingerprint density at radius 1 is 1.17 bits per heavy atom. The predicted molar refractivity (Wildman–Crippen MR) is 115 cm³/mol. The molecule has 30 heavy (non-hydrogen) atoms. The van der Waals surface area contributed by atoms with Crippen molar-refractivity contribution in [1.82, 2.24) is 14.6 Å². The van der Waals surface area contributed by atoms with Gasteiger partial charge in [-0.05, 0) is 36.4 Å².